The van der Waals surface area contributed by atoms with E-state index in [0.717, 1.165) is 11.3 Å². The van der Waals surface area contributed by atoms with E-state index in [1.54, 1.807) is 36.1 Å². The van der Waals surface area contributed by atoms with Gasteiger partial charge in [0.05, 0.1) is 5.56 Å². The Morgan fingerprint density at radius 1 is 1.00 bits per heavy atom. The average molecular weight is 340 g/mol. The van der Waals surface area contributed by atoms with Gasteiger partial charge in [0.25, 0.3) is 0 Å². The molecule has 2 heterocycles. The maximum Gasteiger partial charge on any atom is 0.180 e. The number of hydrogen-bond acceptors (Lipinski definition) is 3. The zero-order valence-electron chi connectivity index (χ0n) is 10.9. The Hall–Kier alpha value is -1.62. The van der Waals surface area contributed by atoms with Crippen molar-refractivity contribution in [3.05, 3.63) is 51.9 Å². The lowest BCUT2D eigenvalue weighted by molar-refractivity contribution is 0.770. The molecule has 0 atom stereocenters. The van der Waals surface area contributed by atoms with Gasteiger partial charge >= 0.3 is 0 Å². The molecular weight excluding hydrogens is 331 g/mol. The highest BCUT2D eigenvalue weighted by molar-refractivity contribution is 6.38. The molecule has 7 heteroatoms. The highest BCUT2D eigenvalue weighted by Crippen LogP contribution is 2.35. The van der Waals surface area contributed by atoms with Gasteiger partial charge in [0.1, 0.15) is 16.0 Å². The lowest BCUT2D eigenvalue weighted by atomic mass is 10.1. The molecule has 0 N–H and O–H groups in total. The topological polar surface area (TPSA) is 43.6 Å². The van der Waals surface area contributed by atoms with Gasteiger partial charge in [-0.2, -0.15) is 5.10 Å². The minimum Gasteiger partial charge on any atom is -0.265 e. The number of aryl methyl sites for hydroxylation is 1. The molecule has 4 nitrogen and oxygen atoms in total. The zero-order valence-corrected chi connectivity index (χ0v) is 13.2. The summed E-state index contributed by atoms with van der Waals surface area (Å²) in [5, 5.41) is 5.21. The summed E-state index contributed by atoms with van der Waals surface area (Å²) >= 11 is 18.6. The maximum atomic E-state index is 6.28. The second-order valence-electron chi connectivity index (χ2n) is 4.35. The molecule has 2 aromatic heterocycles. The fourth-order valence-electron chi connectivity index (χ4n) is 2.00. The molecule has 1 aromatic carbocycles. The summed E-state index contributed by atoms with van der Waals surface area (Å²) in [6.45, 7) is 0. The fourth-order valence-corrected chi connectivity index (χ4v) is 2.79. The summed E-state index contributed by atoms with van der Waals surface area (Å²) in [4.78, 5) is 8.62. The van der Waals surface area contributed by atoms with Crippen LogP contribution in [-0.4, -0.2) is 19.7 Å². The highest BCUT2D eigenvalue weighted by atomic mass is 35.5. The lowest BCUT2D eigenvalue weighted by Crippen LogP contribution is -1.99. The Kier molecular flexibility index (Phi) is 3.85. The predicted octanol–water partition coefficient (Wildman–Crippen LogP) is 4.50. The molecule has 3 rings (SSSR count). The molecule has 0 aliphatic heterocycles. The summed E-state index contributed by atoms with van der Waals surface area (Å²) in [7, 11) is 1.80. The molecule has 0 aliphatic carbocycles. The van der Waals surface area contributed by atoms with Crippen molar-refractivity contribution in [3.63, 3.8) is 0 Å². The molecule has 0 saturated heterocycles. The standard InChI is InChI=1S/C14H9Cl3N4/c1-21-10(5-6-18-21)14-19-12(16)11(13(17)20-14)8-3-2-4-9(15)7-8/h2-7H,1H3. The van der Waals surface area contributed by atoms with E-state index >= 15 is 0 Å². The van der Waals surface area contributed by atoms with E-state index in [9.17, 15) is 0 Å². The van der Waals surface area contributed by atoms with Gasteiger partial charge in [0.2, 0.25) is 0 Å². The van der Waals surface area contributed by atoms with E-state index < -0.39 is 0 Å². The maximum absolute atomic E-state index is 6.28. The van der Waals surface area contributed by atoms with Gasteiger partial charge in [-0.15, -0.1) is 0 Å². The smallest absolute Gasteiger partial charge is 0.180 e. The van der Waals surface area contributed by atoms with Crippen molar-refractivity contribution in [2.45, 2.75) is 0 Å². The van der Waals surface area contributed by atoms with E-state index in [-0.39, 0.29) is 10.3 Å². The van der Waals surface area contributed by atoms with Crippen LogP contribution in [0, 0.1) is 0 Å². The van der Waals surface area contributed by atoms with Crippen LogP contribution in [0.2, 0.25) is 15.3 Å². The first-order valence-electron chi connectivity index (χ1n) is 6.03. The Morgan fingerprint density at radius 3 is 2.29 bits per heavy atom. The van der Waals surface area contributed by atoms with Crippen LogP contribution in [0.15, 0.2) is 36.5 Å². The molecule has 0 spiro atoms. The number of rotatable bonds is 2. The number of benzene rings is 1. The SMILES string of the molecule is Cn1nccc1-c1nc(Cl)c(-c2cccc(Cl)c2)c(Cl)n1. The third kappa shape index (κ3) is 2.75. The average Bonchev–Trinajstić information content (AvgIpc) is 2.84. The number of aromatic nitrogens is 4. The van der Waals surface area contributed by atoms with Gasteiger partial charge in [0, 0.05) is 18.3 Å². The van der Waals surface area contributed by atoms with Crippen LogP contribution in [0.25, 0.3) is 22.6 Å². The third-order valence-electron chi connectivity index (χ3n) is 2.98. The van der Waals surface area contributed by atoms with Gasteiger partial charge in [-0.25, -0.2) is 9.97 Å². The molecule has 0 radical (unpaired) electrons. The number of nitrogens with zero attached hydrogens (tertiary/aromatic N) is 4. The van der Waals surface area contributed by atoms with Crippen LogP contribution in [0.3, 0.4) is 0 Å². The van der Waals surface area contributed by atoms with Crippen molar-refractivity contribution in [1.29, 1.82) is 0 Å². The molecule has 0 unspecified atom stereocenters. The van der Waals surface area contributed by atoms with Crippen molar-refractivity contribution >= 4 is 34.8 Å². The van der Waals surface area contributed by atoms with Crippen molar-refractivity contribution < 1.29 is 0 Å². The van der Waals surface area contributed by atoms with Crippen LogP contribution in [0.1, 0.15) is 0 Å². The van der Waals surface area contributed by atoms with E-state index in [0.29, 0.717) is 16.4 Å². The summed E-state index contributed by atoms with van der Waals surface area (Å²) in [6, 6.07) is 9.01. The predicted molar refractivity (Wildman–Crippen MR) is 84.7 cm³/mol. The minimum atomic E-state index is 0.272. The van der Waals surface area contributed by atoms with Gasteiger partial charge < -0.3 is 0 Å². The Bertz CT molecular complexity index is 790. The van der Waals surface area contributed by atoms with E-state index in [1.165, 1.54) is 0 Å². The summed E-state index contributed by atoms with van der Waals surface area (Å²) in [6.07, 6.45) is 1.66. The van der Waals surface area contributed by atoms with Gasteiger partial charge in [-0.05, 0) is 23.8 Å². The van der Waals surface area contributed by atoms with Gasteiger partial charge in [-0.3, -0.25) is 4.68 Å². The highest BCUT2D eigenvalue weighted by Gasteiger charge is 2.16. The summed E-state index contributed by atoms with van der Waals surface area (Å²) < 4.78 is 1.65. The Morgan fingerprint density at radius 2 is 1.71 bits per heavy atom. The van der Waals surface area contributed by atoms with E-state index in [2.05, 4.69) is 15.1 Å². The van der Waals surface area contributed by atoms with Crippen LogP contribution in [-0.2, 0) is 7.05 Å². The molecule has 21 heavy (non-hydrogen) atoms. The van der Waals surface area contributed by atoms with E-state index in [4.69, 9.17) is 34.8 Å². The normalized spacial score (nSPS) is 10.9. The van der Waals surface area contributed by atoms with E-state index in [1.807, 2.05) is 12.1 Å². The molecule has 0 saturated carbocycles. The molecule has 106 valence electrons. The van der Waals surface area contributed by atoms with Crippen molar-refractivity contribution in [2.24, 2.45) is 7.05 Å². The minimum absolute atomic E-state index is 0.272. The quantitative estimate of drug-likeness (QED) is 0.645. The lowest BCUT2D eigenvalue weighted by Gasteiger charge is -2.09. The summed E-state index contributed by atoms with van der Waals surface area (Å²) in [5.74, 6) is 0.427. The molecule has 3 aromatic rings. The second-order valence-corrected chi connectivity index (χ2v) is 5.51. The first-order chi connectivity index (χ1) is 10.1. The third-order valence-corrected chi connectivity index (χ3v) is 3.77. The van der Waals surface area contributed by atoms with Crippen molar-refractivity contribution in [1.82, 2.24) is 19.7 Å². The zero-order chi connectivity index (χ0) is 15.0. The van der Waals surface area contributed by atoms with Crippen LogP contribution < -0.4 is 0 Å². The Labute approximate surface area is 136 Å². The van der Waals surface area contributed by atoms with Crippen LogP contribution in [0.4, 0.5) is 0 Å². The number of hydrogen-bond donors (Lipinski definition) is 0. The largest absolute Gasteiger partial charge is 0.265 e. The first-order valence-corrected chi connectivity index (χ1v) is 7.17. The molecular formula is C14H9Cl3N4. The van der Waals surface area contributed by atoms with Crippen LogP contribution in [0.5, 0.6) is 0 Å². The second kappa shape index (κ2) is 5.64. The van der Waals surface area contributed by atoms with Gasteiger partial charge in [-0.1, -0.05) is 46.9 Å². The molecule has 0 aliphatic rings. The molecule has 0 bridgehead atoms. The molecule has 0 fully saturated rings. The molecule has 0 amide bonds. The van der Waals surface area contributed by atoms with Crippen molar-refractivity contribution in [2.75, 3.05) is 0 Å². The number of halogens is 3. The Balaban J connectivity index is 2.15. The van der Waals surface area contributed by atoms with Crippen molar-refractivity contribution in [3.8, 4) is 22.6 Å². The fraction of sp³-hybridized carbons (Fsp3) is 0.0714. The monoisotopic (exact) mass is 338 g/mol. The first kappa shape index (κ1) is 14.3. The van der Waals surface area contributed by atoms with Gasteiger partial charge in [0.15, 0.2) is 5.82 Å². The summed E-state index contributed by atoms with van der Waals surface area (Å²) in [5.41, 5.74) is 2.07. The van der Waals surface area contributed by atoms with Crippen LogP contribution >= 0.6 is 34.8 Å².